The van der Waals surface area contributed by atoms with Gasteiger partial charge in [0.15, 0.2) is 0 Å². The topological polar surface area (TPSA) is 69.7 Å². The van der Waals surface area contributed by atoms with E-state index in [1.54, 1.807) is 6.92 Å². The van der Waals surface area contributed by atoms with Gasteiger partial charge < -0.3 is 9.47 Å². The Morgan fingerprint density at radius 3 is 1.71 bits per heavy atom. The van der Waals surface area contributed by atoms with Crippen molar-refractivity contribution in [1.29, 1.82) is 0 Å². The van der Waals surface area contributed by atoms with Gasteiger partial charge in [-0.25, -0.2) is 4.79 Å². The molecule has 0 radical (unpaired) electrons. The molecule has 5 nitrogen and oxygen atoms in total. The number of unbranched alkanes of at least 4 members (excludes halogenated alkanes) is 11. The third kappa shape index (κ3) is 11.9. The lowest BCUT2D eigenvalue weighted by Crippen LogP contribution is -2.18. The lowest BCUT2D eigenvalue weighted by molar-refractivity contribution is -0.153. The molecule has 0 spiro atoms. The van der Waals surface area contributed by atoms with Crippen LogP contribution in [0.15, 0.2) is 24.3 Å². The zero-order valence-electron chi connectivity index (χ0n) is 19.7. The molecule has 0 bridgehead atoms. The molecule has 2 unspecified atom stereocenters. The van der Waals surface area contributed by atoms with Crippen LogP contribution in [0.25, 0.3) is 0 Å². The molecule has 0 aromatic rings. The predicted molar refractivity (Wildman–Crippen MR) is 123 cm³/mol. The molecule has 0 aromatic heterocycles. The average molecular weight is 435 g/mol. The van der Waals surface area contributed by atoms with E-state index in [1.807, 2.05) is 12.2 Å². The first-order chi connectivity index (χ1) is 15.0. The minimum Gasteiger partial charge on any atom is -0.462 e. The highest BCUT2D eigenvalue weighted by Gasteiger charge is 2.43. The Morgan fingerprint density at radius 2 is 1.29 bits per heavy atom. The summed E-state index contributed by atoms with van der Waals surface area (Å²) in [6, 6.07) is 0. The minimum atomic E-state index is -0.343. The van der Waals surface area contributed by atoms with E-state index in [1.165, 1.54) is 70.6 Å². The molecule has 0 aromatic carbocycles. The summed E-state index contributed by atoms with van der Waals surface area (Å²) in [6.45, 7) is 8.05. The first kappa shape index (κ1) is 27.1. The highest BCUT2D eigenvalue weighted by Crippen LogP contribution is 2.32. The Kier molecular flexibility index (Phi) is 14.6. The molecule has 2 rings (SSSR count). The SMILES string of the molecule is C=C(C)C(=O)OCCCCCCCCCCCCCC.O=C1OC(=O)C2CC=CCC12. The monoisotopic (exact) mass is 434 g/mol. The molecule has 1 aliphatic heterocycles. The first-order valence-corrected chi connectivity index (χ1v) is 12.2. The van der Waals surface area contributed by atoms with Crippen LogP contribution in [0.1, 0.15) is 104 Å². The van der Waals surface area contributed by atoms with E-state index in [0.29, 0.717) is 25.0 Å². The quantitative estimate of drug-likeness (QED) is 0.103. The predicted octanol–water partition coefficient (Wildman–Crippen LogP) is 6.46. The highest BCUT2D eigenvalue weighted by atomic mass is 16.6. The van der Waals surface area contributed by atoms with Crippen molar-refractivity contribution in [3.8, 4) is 0 Å². The smallest absolute Gasteiger partial charge is 0.333 e. The molecule has 1 fully saturated rings. The van der Waals surface area contributed by atoms with Crippen LogP contribution in [0.3, 0.4) is 0 Å². The third-order valence-electron chi connectivity index (χ3n) is 5.82. The van der Waals surface area contributed by atoms with Crippen molar-refractivity contribution < 1.29 is 23.9 Å². The van der Waals surface area contributed by atoms with Gasteiger partial charge in [-0.2, -0.15) is 0 Å². The van der Waals surface area contributed by atoms with Gasteiger partial charge in [0.25, 0.3) is 0 Å². The van der Waals surface area contributed by atoms with Crippen LogP contribution in [0.5, 0.6) is 0 Å². The molecule has 0 amide bonds. The van der Waals surface area contributed by atoms with E-state index < -0.39 is 0 Å². The van der Waals surface area contributed by atoms with Gasteiger partial charge >= 0.3 is 17.9 Å². The molecule has 0 N–H and O–H groups in total. The van der Waals surface area contributed by atoms with Crippen molar-refractivity contribution in [2.45, 2.75) is 104 Å². The number of hydrogen-bond acceptors (Lipinski definition) is 5. The van der Waals surface area contributed by atoms with Gasteiger partial charge in [0.2, 0.25) is 0 Å². The Labute approximate surface area is 188 Å². The summed E-state index contributed by atoms with van der Waals surface area (Å²) < 4.78 is 9.55. The number of cyclic esters (lactones) is 2. The molecule has 2 atom stereocenters. The van der Waals surface area contributed by atoms with Crippen molar-refractivity contribution in [3.05, 3.63) is 24.3 Å². The van der Waals surface area contributed by atoms with Crippen molar-refractivity contribution in [2.24, 2.45) is 11.8 Å². The fourth-order valence-corrected chi connectivity index (χ4v) is 3.82. The summed E-state index contributed by atoms with van der Waals surface area (Å²) in [5.74, 6) is -1.32. The zero-order valence-corrected chi connectivity index (χ0v) is 19.7. The molecule has 2 aliphatic rings. The van der Waals surface area contributed by atoms with Crippen molar-refractivity contribution in [2.75, 3.05) is 6.61 Å². The maximum atomic E-state index is 11.1. The van der Waals surface area contributed by atoms with Crippen LogP contribution in [0, 0.1) is 11.8 Å². The Hall–Kier alpha value is -1.91. The number of carbonyl (C=O) groups excluding carboxylic acids is 3. The molecular weight excluding hydrogens is 392 g/mol. The molecular formula is C26H42O5. The molecule has 176 valence electrons. The second kappa shape index (κ2) is 16.7. The standard InChI is InChI=1S/C18H34O2.C8H8O3/c1-4-5-6-7-8-9-10-11-12-13-14-15-16-20-18(19)17(2)3;9-7-5-3-1-2-4-6(5)8(10)11-7/h2,4-16H2,1,3H3;1-2,5-6H,3-4H2. The summed E-state index contributed by atoms with van der Waals surface area (Å²) in [4.78, 5) is 33.0. The Bertz CT molecular complexity index is 569. The van der Waals surface area contributed by atoms with Crippen LogP contribution in [-0.4, -0.2) is 24.5 Å². The van der Waals surface area contributed by atoms with Gasteiger partial charge in [-0.3, -0.25) is 9.59 Å². The lowest BCUT2D eigenvalue weighted by Gasteiger charge is -2.12. The number of hydrogen-bond donors (Lipinski definition) is 0. The number of rotatable bonds is 14. The second-order valence-electron chi connectivity index (χ2n) is 8.70. The normalized spacial score (nSPS) is 19.3. The summed E-state index contributed by atoms with van der Waals surface area (Å²) in [7, 11) is 0. The molecule has 5 heteroatoms. The number of fused-ring (bicyclic) bond motifs is 1. The fourth-order valence-electron chi connectivity index (χ4n) is 3.82. The van der Waals surface area contributed by atoms with Crippen LogP contribution in [-0.2, 0) is 23.9 Å². The zero-order chi connectivity index (χ0) is 22.9. The minimum absolute atomic E-state index is 0.188. The summed E-state index contributed by atoms with van der Waals surface area (Å²) >= 11 is 0. The van der Waals surface area contributed by atoms with E-state index in [9.17, 15) is 14.4 Å². The summed E-state index contributed by atoms with van der Waals surface area (Å²) in [5, 5.41) is 0. The first-order valence-electron chi connectivity index (χ1n) is 12.2. The molecule has 1 aliphatic carbocycles. The summed E-state index contributed by atoms with van der Waals surface area (Å²) in [5.41, 5.74) is 0.490. The van der Waals surface area contributed by atoms with Crippen LogP contribution in [0.2, 0.25) is 0 Å². The fraction of sp³-hybridized carbons (Fsp3) is 0.731. The van der Waals surface area contributed by atoms with E-state index in [2.05, 4.69) is 18.2 Å². The van der Waals surface area contributed by atoms with E-state index in [4.69, 9.17) is 4.74 Å². The van der Waals surface area contributed by atoms with Crippen molar-refractivity contribution in [1.82, 2.24) is 0 Å². The van der Waals surface area contributed by atoms with Gasteiger partial charge in [-0.05, 0) is 26.2 Å². The number of carbonyl (C=O) groups is 3. The molecule has 1 saturated heterocycles. The molecule has 31 heavy (non-hydrogen) atoms. The number of allylic oxidation sites excluding steroid dienone is 2. The maximum Gasteiger partial charge on any atom is 0.333 e. The van der Waals surface area contributed by atoms with Gasteiger partial charge in [0.1, 0.15) is 0 Å². The van der Waals surface area contributed by atoms with E-state index in [-0.39, 0.29) is 29.7 Å². The van der Waals surface area contributed by atoms with Gasteiger partial charge in [0, 0.05) is 5.57 Å². The van der Waals surface area contributed by atoms with Crippen LogP contribution >= 0.6 is 0 Å². The van der Waals surface area contributed by atoms with E-state index in [0.717, 1.165) is 6.42 Å². The summed E-state index contributed by atoms with van der Waals surface area (Å²) in [6.07, 6.45) is 21.1. The average Bonchev–Trinajstić information content (AvgIpc) is 3.05. The molecule has 1 heterocycles. The van der Waals surface area contributed by atoms with Crippen LogP contribution in [0.4, 0.5) is 0 Å². The van der Waals surface area contributed by atoms with E-state index >= 15 is 0 Å². The Morgan fingerprint density at radius 1 is 0.871 bits per heavy atom. The maximum absolute atomic E-state index is 11.1. The number of ether oxygens (including phenoxy) is 2. The van der Waals surface area contributed by atoms with Crippen molar-refractivity contribution in [3.63, 3.8) is 0 Å². The lowest BCUT2D eigenvalue weighted by atomic mass is 9.85. The highest BCUT2D eigenvalue weighted by molar-refractivity contribution is 5.96. The second-order valence-corrected chi connectivity index (χ2v) is 8.70. The molecule has 0 saturated carbocycles. The van der Waals surface area contributed by atoms with Gasteiger partial charge in [-0.15, -0.1) is 0 Å². The third-order valence-corrected chi connectivity index (χ3v) is 5.82. The van der Waals surface area contributed by atoms with Gasteiger partial charge in [-0.1, -0.05) is 96.3 Å². The van der Waals surface area contributed by atoms with Crippen LogP contribution < -0.4 is 0 Å². The Balaban J connectivity index is 0.000000361. The van der Waals surface area contributed by atoms with Crippen molar-refractivity contribution >= 4 is 17.9 Å². The largest absolute Gasteiger partial charge is 0.462 e. The van der Waals surface area contributed by atoms with Gasteiger partial charge in [0.05, 0.1) is 18.4 Å². The number of esters is 3.